The largest absolute Gasteiger partial charge is 0.504 e. The molecule has 4 rings (SSSR count). The van der Waals surface area contributed by atoms with Crippen LogP contribution in [0.3, 0.4) is 0 Å². The summed E-state index contributed by atoms with van der Waals surface area (Å²) in [7, 11) is 0. The first-order valence-electron chi connectivity index (χ1n) is 9.05. The lowest BCUT2D eigenvalue weighted by Gasteiger charge is -2.49. The van der Waals surface area contributed by atoms with Crippen LogP contribution < -0.4 is 20.1 Å². The minimum absolute atomic E-state index is 0.0348. The number of aromatic hydroxyl groups is 1. The Morgan fingerprint density at radius 2 is 1.96 bits per heavy atom. The summed E-state index contributed by atoms with van der Waals surface area (Å²) >= 11 is 0. The lowest BCUT2D eigenvalue weighted by Crippen LogP contribution is -2.69. The molecule has 9 nitrogen and oxygen atoms in total. The van der Waals surface area contributed by atoms with E-state index >= 15 is 0 Å². The van der Waals surface area contributed by atoms with Gasteiger partial charge in [-0.25, -0.2) is 0 Å². The summed E-state index contributed by atoms with van der Waals surface area (Å²) in [4.78, 5) is 12.6. The van der Waals surface area contributed by atoms with Crippen LogP contribution in [0.2, 0.25) is 0 Å². The zero-order valence-corrected chi connectivity index (χ0v) is 15.0. The van der Waals surface area contributed by atoms with Gasteiger partial charge in [-0.3, -0.25) is 4.79 Å². The number of benzene rings is 1. The monoisotopic (exact) mass is 380 g/mol. The molecule has 0 saturated heterocycles. The van der Waals surface area contributed by atoms with Gasteiger partial charge in [-0.05, 0) is 24.1 Å². The highest BCUT2D eigenvalue weighted by atomic mass is 16.7. The van der Waals surface area contributed by atoms with E-state index in [0.717, 1.165) is 0 Å². The van der Waals surface area contributed by atoms with E-state index in [9.17, 15) is 25.2 Å². The molecule has 0 unspecified atom stereocenters. The van der Waals surface area contributed by atoms with Crippen molar-refractivity contribution in [3.63, 3.8) is 0 Å². The second-order valence-corrected chi connectivity index (χ2v) is 7.75. The van der Waals surface area contributed by atoms with Crippen molar-refractivity contribution in [2.24, 2.45) is 5.92 Å². The van der Waals surface area contributed by atoms with Crippen molar-refractivity contribution in [3.05, 3.63) is 17.2 Å². The Kier molecular flexibility index (Phi) is 4.42. The normalized spacial score (nSPS) is 34.2. The van der Waals surface area contributed by atoms with Crippen LogP contribution in [-0.2, 0) is 0 Å². The summed E-state index contributed by atoms with van der Waals surface area (Å²) in [5, 5.41) is 47.8. The van der Waals surface area contributed by atoms with Gasteiger partial charge in [0.05, 0.1) is 17.7 Å². The summed E-state index contributed by atoms with van der Waals surface area (Å²) in [5.41, 5.74) is 0.476. The molecular weight excluding hydrogens is 356 g/mol. The first-order valence-corrected chi connectivity index (χ1v) is 9.05. The van der Waals surface area contributed by atoms with Gasteiger partial charge in [-0.15, -0.1) is 0 Å². The predicted octanol–water partition coefficient (Wildman–Crippen LogP) is -0.973. The number of fused-ring (bicyclic) bond motifs is 4. The molecule has 148 valence electrons. The number of hydrogen-bond donors (Lipinski definition) is 6. The maximum absolute atomic E-state index is 12.6. The number of aliphatic hydroxyl groups excluding tert-OH is 3. The minimum atomic E-state index is -1.42. The van der Waals surface area contributed by atoms with E-state index < -0.39 is 42.2 Å². The number of hydrogen-bond acceptors (Lipinski definition) is 8. The standard InChI is InChI=1S/C18H24N2O7/c1-6(2)4-19-11-9-7-3-8-17(27-5-26-8)13(21)10(7)18(25)20-12(9)15(23)16(24)14(11)22/h3,6,9,11-12,14-16,19,21-24H,4-5H2,1-2H3,(H,20,25)/t9-,11+,12+,14-,15-,16+/m0/s1. The zero-order chi connectivity index (χ0) is 19.5. The van der Waals surface area contributed by atoms with Crippen LogP contribution in [0.4, 0.5) is 0 Å². The molecular formula is C18H24N2O7. The Morgan fingerprint density at radius 3 is 2.67 bits per heavy atom. The average Bonchev–Trinajstić information content (AvgIpc) is 3.09. The van der Waals surface area contributed by atoms with Crippen LogP contribution in [0.15, 0.2) is 6.07 Å². The Hall–Kier alpha value is -2.07. The summed E-state index contributed by atoms with van der Waals surface area (Å²) in [6.07, 6.45) is -4.03. The highest BCUT2D eigenvalue weighted by molar-refractivity contribution is 6.01. The average molecular weight is 380 g/mol. The molecule has 1 aliphatic carbocycles. The Bertz CT molecular complexity index is 769. The smallest absolute Gasteiger partial charge is 0.255 e. The van der Waals surface area contributed by atoms with E-state index in [0.29, 0.717) is 17.9 Å². The number of carbonyl (C=O) groups excluding carboxylic acids is 1. The van der Waals surface area contributed by atoms with Gasteiger partial charge >= 0.3 is 0 Å². The number of rotatable bonds is 3. The third-order valence-corrected chi connectivity index (χ3v) is 5.52. The first-order chi connectivity index (χ1) is 12.8. The highest BCUT2D eigenvalue weighted by Gasteiger charge is 2.54. The second-order valence-electron chi connectivity index (χ2n) is 7.75. The second kappa shape index (κ2) is 6.52. The molecule has 2 heterocycles. The van der Waals surface area contributed by atoms with Gasteiger partial charge < -0.3 is 40.5 Å². The van der Waals surface area contributed by atoms with Gasteiger partial charge in [0.15, 0.2) is 11.5 Å². The van der Waals surface area contributed by atoms with E-state index in [1.807, 2.05) is 13.8 Å². The summed E-state index contributed by atoms with van der Waals surface area (Å²) in [5.74, 6) is -0.794. The van der Waals surface area contributed by atoms with Crippen LogP contribution >= 0.6 is 0 Å². The fourth-order valence-corrected chi connectivity index (χ4v) is 4.23. The summed E-state index contributed by atoms with van der Waals surface area (Å²) in [6, 6.07) is 0.136. The third-order valence-electron chi connectivity index (χ3n) is 5.52. The molecule has 0 aromatic heterocycles. The van der Waals surface area contributed by atoms with Gasteiger partial charge in [-0.2, -0.15) is 0 Å². The van der Waals surface area contributed by atoms with Crippen molar-refractivity contribution in [1.29, 1.82) is 0 Å². The zero-order valence-electron chi connectivity index (χ0n) is 15.0. The minimum Gasteiger partial charge on any atom is -0.504 e. The fraction of sp³-hybridized carbons (Fsp3) is 0.611. The van der Waals surface area contributed by atoms with Crippen LogP contribution in [-0.4, -0.2) is 70.1 Å². The molecule has 9 heteroatoms. The Balaban J connectivity index is 1.84. The quantitative estimate of drug-likeness (QED) is 0.393. The van der Waals surface area contributed by atoms with Crippen molar-refractivity contribution < 1.29 is 34.7 Å². The number of phenolic OH excluding ortho intramolecular Hbond substituents is 1. The number of amides is 1. The van der Waals surface area contributed by atoms with Crippen LogP contribution in [0.25, 0.3) is 0 Å². The number of carbonyl (C=O) groups is 1. The number of phenols is 1. The molecule has 2 aliphatic heterocycles. The van der Waals surface area contributed by atoms with Crippen molar-refractivity contribution in [3.8, 4) is 17.2 Å². The van der Waals surface area contributed by atoms with Gasteiger partial charge in [0.1, 0.15) is 12.2 Å². The molecule has 0 spiro atoms. The molecule has 6 N–H and O–H groups in total. The van der Waals surface area contributed by atoms with Crippen molar-refractivity contribution in [2.75, 3.05) is 13.3 Å². The van der Waals surface area contributed by atoms with Gasteiger partial charge in [-0.1, -0.05) is 13.8 Å². The van der Waals surface area contributed by atoms with Gasteiger partial charge in [0.2, 0.25) is 12.5 Å². The summed E-state index contributed by atoms with van der Waals surface area (Å²) < 4.78 is 10.6. The van der Waals surface area contributed by atoms with Crippen LogP contribution in [0, 0.1) is 5.92 Å². The molecule has 6 atom stereocenters. The van der Waals surface area contributed by atoms with Gasteiger partial charge in [0.25, 0.3) is 5.91 Å². The fourth-order valence-electron chi connectivity index (χ4n) is 4.23. The molecule has 1 amide bonds. The van der Waals surface area contributed by atoms with E-state index in [2.05, 4.69) is 10.6 Å². The Morgan fingerprint density at radius 1 is 1.22 bits per heavy atom. The van der Waals surface area contributed by atoms with Crippen molar-refractivity contribution in [1.82, 2.24) is 10.6 Å². The first kappa shape index (κ1) is 18.3. The molecule has 27 heavy (non-hydrogen) atoms. The van der Waals surface area contributed by atoms with Crippen molar-refractivity contribution in [2.45, 2.75) is 50.2 Å². The number of ether oxygens (including phenoxy) is 2. The summed E-state index contributed by atoms with van der Waals surface area (Å²) in [6.45, 7) is 4.50. The topological polar surface area (TPSA) is 141 Å². The maximum atomic E-state index is 12.6. The lowest BCUT2D eigenvalue weighted by molar-refractivity contribution is -0.119. The van der Waals surface area contributed by atoms with E-state index in [1.54, 1.807) is 6.07 Å². The lowest BCUT2D eigenvalue weighted by atomic mass is 9.68. The van der Waals surface area contributed by atoms with Crippen molar-refractivity contribution >= 4 is 5.91 Å². The van der Waals surface area contributed by atoms with Gasteiger partial charge in [0, 0.05) is 12.0 Å². The predicted molar refractivity (Wildman–Crippen MR) is 92.9 cm³/mol. The Labute approximate surface area is 155 Å². The molecule has 0 bridgehead atoms. The van der Waals surface area contributed by atoms with E-state index in [4.69, 9.17) is 9.47 Å². The van der Waals surface area contributed by atoms with Crippen LogP contribution in [0.5, 0.6) is 17.2 Å². The maximum Gasteiger partial charge on any atom is 0.255 e. The molecule has 3 aliphatic rings. The third kappa shape index (κ3) is 2.73. The molecule has 1 saturated carbocycles. The number of nitrogens with one attached hydrogen (secondary N) is 2. The van der Waals surface area contributed by atoms with E-state index in [-0.39, 0.29) is 29.8 Å². The molecule has 1 aromatic rings. The highest BCUT2D eigenvalue weighted by Crippen LogP contribution is 2.50. The van der Waals surface area contributed by atoms with E-state index in [1.165, 1.54) is 0 Å². The molecule has 1 aromatic carbocycles. The SMILES string of the molecule is CC(C)CN[C@H]1[C@H](O)[C@@H](O)[C@@H](O)[C@@H]2NC(=O)c3c(cc4c(c3O)OCO4)[C@@H]12. The number of aliphatic hydroxyl groups is 3. The molecule has 1 fully saturated rings. The van der Waals surface area contributed by atoms with Crippen LogP contribution in [0.1, 0.15) is 35.7 Å². The molecule has 0 radical (unpaired) electrons.